The minimum absolute atomic E-state index is 0.119. The molecular weight excluding hydrogens is 278 g/mol. The average molecular weight is 301 g/mol. The fourth-order valence-electron chi connectivity index (χ4n) is 2.89. The number of carboxylic acids is 1. The topological polar surface area (TPSA) is 75.6 Å². The van der Waals surface area contributed by atoms with E-state index in [4.69, 9.17) is 4.74 Å². The third-order valence-electron chi connectivity index (χ3n) is 4.50. The van der Waals surface area contributed by atoms with Crippen LogP contribution in [0.3, 0.4) is 0 Å². The predicted molar refractivity (Wildman–Crippen MR) is 77.8 cm³/mol. The molecule has 1 atom stereocenters. The SMILES string of the molecule is CC(C(=O)NC1(C(=O)O)CCSCC1)C1CCOCC1. The zero-order valence-electron chi connectivity index (χ0n) is 11.9. The van der Waals surface area contributed by atoms with Crippen molar-refractivity contribution in [3.63, 3.8) is 0 Å². The van der Waals surface area contributed by atoms with E-state index in [1.807, 2.05) is 6.92 Å². The van der Waals surface area contributed by atoms with E-state index in [0.717, 1.165) is 24.3 Å². The van der Waals surface area contributed by atoms with E-state index >= 15 is 0 Å². The summed E-state index contributed by atoms with van der Waals surface area (Å²) in [5.74, 6) is 0.713. The second-order valence-electron chi connectivity index (χ2n) is 5.73. The number of hydrogen-bond acceptors (Lipinski definition) is 4. The molecule has 5 nitrogen and oxygen atoms in total. The molecule has 0 radical (unpaired) electrons. The van der Waals surface area contributed by atoms with Gasteiger partial charge in [0.2, 0.25) is 5.91 Å². The van der Waals surface area contributed by atoms with Crippen LogP contribution >= 0.6 is 11.8 Å². The minimum atomic E-state index is -1.05. The van der Waals surface area contributed by atoms with Crippen LogP contribution in [0.1, 0.15) is 32.6 Å². The lowest BCUT2D eigenvalue weighted by atomic mass is 9.85. The quantitative estimate of drug-likeness (QED) is 0.823. The summed E-state index contributed by atoms with van der Waals surface area (Å²) in [5, 5.41) is 12.3. The molecule has 0 aromatic carbocycles. The van der Waals surface area contributed by atoms with E-state index in [0.29, 0.717) is 32.0 Å². The van der Waals surface area contributed by atoms with Gasteiger partial charge in [0.15, 0.2) is 0 Å². The van der Waals surface area contributed by atoms with Gasteiger partial charge in [-0.25, -0.2) is 4.79 Å². The zero-order valence-corrected chi connectivity index (χ0v) is 12.7. The lowest BCUT2D eigenvalue weighted by molar-refractivity contribution is -0.149. The first-order valence-corrected chi connectivity index (χ1v) is 8.41. The van der Waals surface area contributed by atoms with Crippen LogP contribution in [0, 0.1) is 11.8 Å². The molecule has 0 aliphatic carbocycles. The van der Waals surface area contributed by atoms with Crippen molar-refractivity contribution in [1.82, 2.24) is 5.32 Å². The Hall–Kier alpha value is -0.750. The molecule has 2 heterocycles. The van der Waals surface area contributed by atoms with E-state index < -0.39 is 11.5 Å². The van der Waals surface area contributed by atoms with Crippen LogP contribution in [0.15, 0.2) is 0 Å². The number of nitrogens with one attached hydrogen (secondary N) is 1. The number of aliphatic carboxylic acids is 1. The molecule has 2 rings (SSSR count). The lowest BCUT2D eigenvalue weighted by Gasteiger charge is -2.36. The van der Waals surface area contributed by atoms with Gasteiger partial charge in [-0.05, 0) is 43.1 Å². The van der Waals surface area contributed by atoms with Gasteiger partial charge in [-0.15, -0.1) is 0 Å². The molecule has 2 aliphatic rings. The third-order valence-corrected chi connectivity index (χ3v) is 5.49. The Bertz CT molecular complexity index is 362. The van der Waals surface area contributed by atoms with Gasteiger partial charge in [-0.1, -0.05) is 6.92 Å². The first kappa shape index (κ1) is 15.6. The number of rotatable bonds is 4. The van der Waals surface area contributed by atoms with Gasteiger partial charge in [-0.3, -0.25) is 4.79 Å². The summed E-state index contributed by atoms with van der Waals surface area (Å²) in [6.45, 7) is 3.30. The number of ether oxygens (including phenoxy) is 1. The fraction of sp³-hybridized carbons (Fsp3) is 0.857. The molecule has 2 fully saturated rings. The fourth-order valence-corrected chi connectivity index (χ4v) is 4.08. The highest BCUT2D eigenvalue weighted by Crippen LogP contribution is 2.29. The molecule has 0 bridgehead atoms. The Labute approximate surface area is 123 Å². The molecule has 2 N–H and O–H groups in total. The molecular formula is C14H23NO4S. The number of thioether (sulfide) groups is 1. The Morgan fingerprint density at radius 2 is 1.90 bits per heavy atom. The van der Waals surface area contributed by atoms with Crippen LogP contribution in [0.2, 0.25) is 0 Å². The Morgan fingerprint density at radius 1 is 1.30 bits per heavy atom. The van der Waals surface area contributed by atoms with E-state index in [9.17, 15) is 14.7 Å². The summed E-state index contributed by atoms with van der Waals surface area (Å²) in [6, 6.07) is 0. The molecule has 114 valence electrons. The van der Waals surface area contributed by atoms with Crippen molar-refractivity contribution in [3.8, 4) is 0 Å². The smallest absolute Gasteiger partial charge is 0.329 e. The first-order valence-electron chi connectivity index (χ1n) is 7.26. The molecule has 0 aromatic heterocycles. The van der Waals surface area contributed by atoms with E-state index in [1.54, 1.807) is 11.8 Å². The van der Waals surface area contributed by atoms with Gasteiger partial charge < -0.3 is 15.2 Å². The Kier molecular flexibility index (Phi) is 5.32. The van der Waals surface area contributed by atoms with Crippen LogP contribution in [0.4, 0.5) is 0 Å². The molecule has 2 saturated heterocycles. The highest BCUT2D eigenvalue weighted by atomic mass is 32.2. The molecule has 6 heteroatoms. The summed E-state index contributed by atoms with van der Waals surface area (Å²) >= 11 is 1.75. The lowest BCUT2D eigenvalue weighted by Crippen LogP contribution is -2.58. The van der Waals surface area contributed by atoms with Crippen LogP contribution in [0.5, 0.6) is 0 Å². The predicted octanol–water partition coefficient (Wildman–Crippen LogP) is 1.52. The van der Waals surface area contributed by atoms with Crippen molar-refractivity contribution in [1.29, 1.82) is 0 Å². The molecule has 0 aromatic rings. The highest BCUT2D eigenvalue weighted by Gasteiger charge is 2.42. The zero-order chi connectivity index (χ0) is 14.6. The van der Waals surface area contributed by atoms with Crippen LogP contribution in [-0.2, 0) is 14.3 Å². The van der Waals surface area contributed by atoms with Crippen molar-refractivity contribution in [3.05, 3.63) is 0 Å². The Balaban J connectivity index is 1.98. The van der Waals surface area contributed by atoms with Gasteiger partial charge in [0.1, 0.15) is 5.54 Å². The maximum atomic E-state index is 12.4. The number of carbonyl (C=O) groups is 2. The molecule has 2 aliphatic heterocycles. The monoisotopic (exact) mass is 301 g/mol. The van der Waals surface area contributed by atoms with Crippen molar-refractivity contribution >= 4 is 23.6 Å². The second-order valence-corrected chi connectivity index (χ2v) is 6.95. The molecule has 0 spiro atoms. The summed E-state index contributed by atoms with van der Waals surface area (Å²) in [5.41, 5.74) is -1.05. The average Bonchev–Trinajstić information content (AvgIpc) is 2.48. The van der Waals surface area contributed by atoms with Crippen molar-refractivity contribution in [2.75, 3.05) is 24.7 Å². The Morgan fingerprint density at radius 3 is 2.45 bits per heavy atom. The second kappa shape index (κ2) is 6.80. The van der Waals surface area contributed by atoms with Crippen LogP contribution in [0.25, 0.3) is 0 Å². The third kappa shape index (κ3) is 3.47. The largest absolute Gasteiger partial charge is 0.480 e. The maximum absolute atomic E-state index is 12.4. The standard InChI is InChI=1S/C14H23NO4S/c1-10(11-2-6-19-7-3-11)12(16)15-14(13(17)18)4-8-20-9-5-14/h10-11H,2-9H2,1H3,(H,15,16)(H,17,18). The van der Waals surface area contributed by atoms with Gasteiger partial charge in [-0.2, -0.15) is 11.8 Å². The van der Waals surface area contributed by atoms with Gasteiger partial charge >= 0.3 is 5.97 Å². The van der Waals surface area contributed by atoms with E-state index in [1.165, 1.54) is 0 Å². The number of carbonyl (C=O) groups excluding carboxylic acids is 1. The van der Waals surface area contributed by atoms with Crippen LogP contribution < -0.4 is 5.32 Å². The summed E-state index contributed by atoms with van der Waals surface area (Å²) in [6.07, 6.45) is 2.79. The van der Waals surface area contributed by atoms with Gasteiger partial charge in [0.05, 0.1) is 0 Å². The van der Waals surface area contributed by atoms with Crippen molar-refractivity contribution in [2.24, 2.45) is 11.8 Å². The minimum Gasteiger partial charge on any atom is -0.480 e. The summed E-state index contributed by atoms with van der Waals surface area (Å²) < 4.78 is 5.31. The number of amides is 1. The van der Waals surface area contributed by atoms with Crippen molar-refractivity contribution in [2.45, 2.75) is 38.1 Å². The van der Waals surface area contributed by atoms with E-state index in [2.05, 4.69) is 5.32 Å². The normalized spacial score (nSPS) is 24.9. The van der Waals surface area contributed by atoms with Gasteiger partial charge in [0.25, 0.3) is 0 Å². The van der Waals surface area contributed by atoms with Gasteiger partial charge in [0, 0.05) is 19.1 Å². The molecule has 0 saturated carbocycles. The van der Waals surface area contributed by atoms with Crippen LogP contribution in [-0.4, -0.2) is 47.2 Å². The summed E-state index contributed by atoms with van der Waals surface area (Å²) in [7, 11) is 0. The first-order chi connectivity index (χ1) is 9.55. The summed E-state index contributed by atoms with van der Waals surface area (Å²) in [4.78, 5) is 24.0. The highest BCUT2D eigenvalue weighted by molar-refractivity contribution is 7.99. The molecule has 1 unspecified atom stereocenters. The van der Waals surface area contributed by atoms with E-state index in [-0.39, 0.29) is 11.8 Å². The van der Waals surface area contributed by atoms with Crippen molar-refractivity contribution < 1.29 is 19.4 Å². The number of carboxylic acid groups (broad SMARTS) is 1. The molecule has 20 heavy (non-hydrogen) atoms. The molecule has 1 amide bonds. The maximum Gasteiger partial charge on any atom is 0.329 e. The number of hydrogen-bond donors (Lipinski definition) is 2.